The Labute approximate surface area is 333 Å². The van der Waals surface area contributed by atoms with Gasteiger partial charge in [-0.2, -0.15) is 0 Å². The zero-order chi connectivity index (χ0) is 39.4. The summed E-state index contributed by atoms with van der Waals surface area (Å²) < 4.78 is 1.06. The maximum Gasteiger partial charge on any atom is 0.243 e. The van der Waals surface area contributed by atoms with E-state index in [0.29, 0.717) is 57.4 Å². The number of H-pyrrole nitrogens is 1. The van der Waals surface area contributed by atoms with Crippen LogP contribution in [0.15, 0.2) is 71.0 Å². The van der Waals surface area contributed by atoms with Crippen LogP contribution in [0.4, 0.5) is 0 Å². The highest BCUT2D eigenvalue weighted by Gasteiger charge is 2.33. The third-order valence-electron chi connectivity index (χ3n) is 10.2. The lowest BCUT2D eigenvalue weighted by Gasteiger charge is -2.27. The predicted octanol–water partition coefficient (Wildman–Crippen LogP) is 2.42. The molecule has 16 heteroatoms. The Bertz CT molecular complexity index is 2110. The quantitative estimate of drug-likeness (QED) is 0.0578. The monoisotopic (exact) mass is 799 g/mol. The van der Waals surface area contributed by atoms with Crippen LogP contribution >= 0.6 is 22.7 Å². The molecule has 1 saturated heterocycles. The van der Waals surface area contributed by atoms with Gasteiger partial charge in [-0.1, -0.05) is 36.4 Å². The molecule has 1 aliphatic rings. The molecule has 14 nitrogen and oxygen atoms in total. The lowest BCUT2D eigenvalue weighted by atomic mass is 9.96. The largest absolute Gasteiger partial charge is 0.368 e. The summed E-state index contributed by atoms with van der Waals surface area (Å²) in [5, 5.41) is 20.5. The Balaban J connectivity index is 1.28. The summed E-state index contributed by atoms with van der Waals surface area (Å²) in [4.78, 5) is 76.3. The van der Waals surface area contributed by atoms with Crippen LogP contribution < -0.4 is 38.1 Å². The minimum atomic E-state index is -1.17. The Hall–Kier alpha value is -5.16. The van der Waals surface area contributed by atoms with Gasteiger partial charge in [0.1, 0.15) is 24.2 Å². The van der Waals surface area contributed by atoms with Crippen molar-refractivity contribution in [2.75, 3.05) is 19.6 Å². The molecule has 5 aromatic rings. The number of carbonyl (C=O) groups excluding carboxylic acids is 5. The summed E-state index contributed by atoms with van der Waals surface area (Å²) in [7, 11) is 0. The summed E-state index contributed by atoms with van der Waals surface area (Å²) in [6, 6.07) is 11.2. The number of carbonyl (C=O) groups is 5. The first-order valence-electron chi connectivity index (χ1n) is 19.0. The number of aromatic nitrogens is 2. The lowest BCUT2D eigenvalue weighted by molar-refractivity contribution is -0.135. The number of benzene rings is 2. The van der Waals surface area contributed by atoms with Crippen molar-refractivity contribution in [2.24, 2.45) is 17.4 Å². The number of amides is 5. The van der Waals surface area contributed by atoms with E-state index in [-0.39, 0.29) is 31.1 Å². The van der Waals surface area contributed by atoms with Gasteiger partial charge in [-0.05, 0) is 85.8 Å². The van der Waals surface area contributed by atoms with Gasteiger partial charge < -0.3 is 43.0 Å². The first-order valence-corrected chi connectivity index (χ1v) is 20.8. The third kappa shape index (κ3) is 10.6. The smallest absolute Gasteiger partial charge is 0.243 e. The van der Waals surface area contributed by atoms with Crippen molar-refractivity contribution in [3.8, 4) is 0 Å². The average molecular weight is 800 g/mol. The number of aromatic amines is 1. The number of piperidine rings is 1. The molecule has 5 amide bonds. The van der Waals surface area contributed by atoms with Crippen LogP contribution in [0.5, 0.6) is 0 Å². The third-order valence-corrected chi connectivity index (χ3v) is 11.8. The Morgan fingerprint density at radius 3 is 2.11 bits per heavy atom. The number of nitrogens with two attached hydrogens (primary N) is 2. The van der Waals surface area contributed by atoms with E-state index in [9.17, 15) is 24.0 Å². The molecule has 0 aliphatic carbocycles. The Morgan fingerprint density at radius 1 is 0.768 bits per heavy atom. The van der Waals surface area contributed by atoms with E-state index in [4.69, 9.17) is 11.5 Å². The molecule has 56 heavy (non-hydrogen) atoms. The van der Waals surface area contributed by atoms with Crippen LogP contribution in [0.3, 0.4) is 0 Å². The molecule has 4 atom stereocenters. The molecule has 0 bridgehead atoms. The van der Waals surface area contributed by atoms with Gasteiger partial charge in [-0.3, -0.25) is 24.0 Å². The fraction of sp³-hybridized carbons (Fsp3) is 0.400. The van der Waals surface area contributed by atoms with E-state index >= 15 is 0 Å². The second kappa shape index (κ2) is 19.6. The number of hydrogen-bond acceptors (Lipinski definition) is 10. The first-order chi connectivity index (χ1) is 27.2. The van der Waals surface area contributed by atoms with Gasteiger partial charge >= 0.3 is 0 Å². The van der Waals surface area contributed by atoms with Crippen LogP contribution in [-0.4, -0.2) is 83.3 Å². The van der Waals surface area contributed by atoms with E-state index in [0.717, 1.165) is 32.1 Å². The molecular weight excluding hydrogens is 751 g/mol. The summed E-state index contributed by atoms with van der Waals surface area (Å²) in [6.07, 6.45) is 4.93. The number of nitrogens with zero attached hydrogens (tertiary/aromatic N) is 1. The summed E-state index contributed by atoms with van der Waals surface area (Å²) in [5.41, 5.74) is 16.0. The van der Waals surface area contributed by atoms with Crippen LogP contribution in [0, 0.1) is 5.92 Å². The molecule has 0 saturated carbocycles. The van der Waals surface area contributed by atoms with Gasteiger partial charge in [0, 0.05) is 52.4 Å². The topological polar surface area (TPSA) is 226 Å². The Kier molecular flexibility index (Phi) is 14.2. The van der Waals surface area contributed by atoms with Gasteiger partial charge in [0.15, 0.2) is 0 Å². The van der Waals surface area contributed by atoms with Crippen molar-refractivity contribution < 1.29 is 24.0 Å². The fourth-order valence-electron chi connectivity index (χ4n) is 7.08. The van der Waals surface area contributed by atoms with Gasteiger partial charge in [0.25, 0.3) is 0 Å². The van der Waals surface area contributed by atoms with Gasteiger partial charge in [-0.15, -0.1) is 22.7 Å². The second-order valence-electron chi connectivity index (χ2n) is 14.2. The molecule has 296 valence electrons. The number of thiazole rings is 1. The number of thiophene rings is 1. The average Bonchev–Trinajstić information content (AvgIpc) is 3.98. The number of unbranched alkanes of at least 4 members (excludes halogenated alkanes) is 1. The summed E-state index contributed by atoms with van der Waals surface area (Å²) in [6.45, 7) is 1.85. The highest BCUT2D eigenvalue weighted by Crippen LogP contribution is 2.27. The van der Waals surface area contributed by atoms with E-state index in [1.165, 1.54) is 11.3 Å². The van der Waals surface area contributed by atoms with Crippen molar-refractivity contribution in [1.29, 1.82) is 0 Å². The van der Waals surface area contributed by atoms with Gasteiger partial charge in [0.05, 0.1) is 11.2 Å². The number of rotatable bonds is 19. The molecular formula is C40H49N9O5S2. The Morgan fingerprint density at radius 2 is 1.41 bits per heavy atom. The zero-order valence-corrected chi connectivity index (χ0v) is 32.7. The van der Waals surface area contributed by atoms with E-state index in [2.05, 4.69) is 36.6 Å². The highest BCUT2D eigenvalue weighted by molar-refractivity contribution is 7.17. The molecule has 1 fully saturated rings. The molecule has 1 aliphatic heterocycles. The summed E-state index contributed by atoms with van der Waals surface area (Å²) >= 11 is 2.91. The molecule has 0 spiro atoms. The number of para-hydroxylation sites is 1. The molecule has 6 rings (SSSR count). The van der Waals surface area contributed by atoms with Crippen molar-refractivity contribution in [1.82, 2.24) is 36.6 Å². The van der Waals surface area contributed by atoms with Crippen LogP contribution in [-0.2, 0) is 43.2 Å². The number of nitrogens with one attached hydrogen (secondary N) is 6. The van der Waals surface area contributed by atoms with Gasteiger partial charge in [0.2, 0.25) is 29.5 Å². The van der Waals surface area contributed by atoms with Crippen molar-refractivity contribution in [3.05, 3.63) is 87.8 Å². The minimum Gasteiger partial charge on any atom is -0.368 e. The van der Waals surface area contributed by atoms with Crippen molar-refractivity contribution >= 4 is 73.2 Å². The van der Waals surface area contributed by atoms with Crippen molar-refractivity contribution in [3.63, 3.8) is 0 Å². The molecule has 10 N–H and O–H groups in total. The van der Waals surface area contributed by atoms with Crippen LogP contribution in [0.25, 0.3) is 21.0 Å². The maximum absolute atomic E-state index is 14.5. The molecule has 0 radical (unpaired) electrons. The fourth-order valence-corrected chi connectivity index (χ4v) is 8.62. The highest BCUT2D eigenvalue weighted by atomic mass is 32.1. The van der Waals surface area contributed by atoms with E-state index in [1.54, 1.807) is 28.4 Å². The SMILES string of the molecule is NCCCC[C@H](NC(=O)[C@H](Cc1cscn1)NC(=O)[C@@H](Cc1c[nH]c2ccccc12)NC(=O)[C@@H](Cc1csc2ccccc12)NC(=O)C1CCNCC1)C(N)=O. The normalized spacial score (nSPS) is 15.4. The number of hydrogen-bond donors (Lipinski definition) is 8. The van der Waals surface area contributed by atoms with E-state index < -0.39 is 47.8 Å². The number of primary amides is 1. The molecule has 4 heterocycles. The minimum absolute atomic E-state index is 0.0310. The number of fused-ring (bicyclic) bond motifs is 2. The van der Waals surface area contributed by atoms with Crippen molar-refractivity contribution in [2.45, 2.75) is 75.5 Å². The van der Waals surface area contributed by atoms with Gasteiger partial charge in [-0.25, -0.2) is 4.98 Å². The maximum atomic E-state index is 14.5. The van der Waals surface area contributed by atoms with E-state index in [1.807, 2.05) is 53.9 Å². The first kappa shape index (κ1) is 40.5. The predicted molar refractivity (Wildman–Crippen MR) is 219 cm³/mol. The standard InChI is InChI=1S/C40H49N9O5S2/c41-14-6-5-10-31(36(42)50)46-40(54)34(19-27-22-55-23-45-27)49-38(52)32(17-25-20-44-30-9-3-1-7-28(25)30)48-39(53)33(47-37(51)24-12-15-43-16-13-24)18-26-21-56-35-11-4-2-8-29(26)35/h1-4,7-9,11,20-24,31-34,43-44H,5-6,10,12-19,41H2,(H2,42,50)(H,46,54)(H,47,51)(H,48,53)(H,49,52)/t31-,32+,33+,34-/m0/s1. The summed E-state index contributed by atoms with van der Waals surface area (Å²) in [5.74, 6) is -2.93. The lowest BCUT2D eigenvalue weighted by Crippen LogP contribution is -2.59. The van der Waals surface area contributed by atoms with Crippen LogP contribution in [0.1, 0.15) is 48.9 Å². The molecule has 0 unspecified atom stereocenters. The molecule has 2 aromatic carbocycles. The van der Waals surface area contributed by atoms with Crippen LogP contribution in [0.2, 0.25) is 0 Å². The second-order valence-corrected chi connectivity index (χ2v) is 15.8. The zero-order valence-electron chi connectivity index (χ0n) is 31.1. The molecule has 3 aromatic heterocycles.